The van der Waals surface area contributed by atoms with Crippen LogP contribution in [0.1, 0.15) is 0 Å². The van der Waals surface area contributed by atoms with Gasteiger partial charge >= 0.3 is 0 Å². The highest BCUT2D eigenvalue weighted by molar-refractivity contribution is 6.19. The minimum Gasteiger partial charge on any atom is -0.455 e. The van der Waals surface area contributed by atoms with Crippen LogP contribution in [0.5, 0.6) is 0 Å². The number of rotatable bonds is 7. The van der Waals surface area contributed by atoms with Crippen LogP contribution in [0.4, 0.5) is 17.1 Å². The number of fused-ring (bicyclic) bond motifs is 5. The molecule has 1 heterocycles. The van der Waals surface area contributed by atoms with Crippen LogP contribution in [0.2, 0.25) is 0 Å². The zero-order chi connectivity index (χ0) is 35.8. The molecular formula is C52H35NO. The van der Waals surface area contributed by atoms with Crippen molar-refractivity contribution in [3.05, 3.63) is 212 Å². The van der Waals surface area contributed by atoms with Gasteiger partial charge in [0.25, 0.3) is 0 Å². The summed E-state index contributed by atoms with van der Waals surface area (Å²) in [5.74, 6) is 0. The molecule has 0 amide bonds. The number of hydrogen-bond donors (Lipinski definition) is 0. The summed E-state index contributed by atoms with van der Waals surface area (Å²) in [7, 11) is 0. The van der Waals surface area contributed by atoms with E-state index in [1.165, 1.54) is 38.9 Å². The SMILES string of the molecule is c1ccc(-c2ccc(-c3ccc(N(c4cccc(-c5ccc(-c6ccccc6)cc5)c4)c4cc5c6ccccc6oc5c5ccccc45)cc3)cc2)cc1. The molecule has 0 radical (unpaired) electrons. The molecule has 0 aliphatic heterocycles. The van der Waals surface area contributed by atoms with E-state index < -0.39 is 0 Å². The molecule has 254 valence electrons. The van der Waals surface area contributed by atoms with E-state index in [-0.39, 0.29) is 0 Å². The molecule has 0 bridgehead atoms. The lowest BCUT2D eigenvalue weighted by atomic mass is 9.98. The third kappa shape index (κ3) is 5.71. The maximum Gasteiger partial charge on any atom is 0.143 e. The normalized spacial score (nSPS) is 11.3. The molecule has 0 aliphatic rings. The van der Waals surface area contributed by atoms with E-state index in [0.717, 1.165) is 55.3 Å². The summed E-state index contributed by atoms with van der Waals surface area (Å²) in [5, 5.41) is 4.43. The summed E-state index contributed by atoms with van der Waals surface area (Å²) in [4.78, 5) is 2.40. The highest BCUT2D eigenvalue weighted by atomic mass is 16.3. The molecule has 9 aromatic carbocycles. The van der Waals surface area contributed by atoms with Gasteiger partial charge in [0, 0.05) is 32.9 Å². The largest absolute Gasteiger partial charge is 0.455 e. The van der Waals surface area contributed by atoms with Crippen molar-refractivity contribution in [1.29, 1.82) is 0 Å². The predicted octanol–water partition coefficient (Wildman–Crippen LogP) is 14.9. The monoisotopic (exact) mass is 689 g/mol. The molecule has 0 aliphatic carbocycles. The highest BCUT2D eigenvalue weighted by Crippen LogP contribution is 2.45. The molecule has 0 N–H and O–H groups in total. The molecule has 0 unspecified atom stereocenters. The fourth-order valence-electron chi connectivity index (χ4n) is 7.74. The molecule has 0 fully saturated rings. The molecule has 0 spiro atoms. The smallest absolute Gasteiger partial charge is 0.143 e. The Kier molecular flexibility index (Phi) is 7.85. The first kappa shape index (κ1) is 31.6. The molecule has 2 nitrogen and oxygen atoms in total. The average Bonchev–Trinajstić information content (AvgIpc) is 3.64. The van der Waals surface area contributed by atoms with Gasteiger partial charge in [0.2, 0.25) is 0 Å². The van der Waals surface area contributed by atoms with E-state index in [4.69, 9.17) is 4.42 Å². The Labute approximate surface area is 314 Å². The van der Waals surface area contributed by atoms with Gasteiger partial charge in [-0.15, -0.1) is 0 Å². The van der Waals surface area contributed by atoms with E-state index in [1.807, 2.05) is 6.07 Å². The van der Waals surface area contributed by atoms with Gasteiger partial charge in [-0.1, -0.05) is 176 Å². The molecule has 0 saturated carbocycles. The van der Waals surface area contributed by atoms with Crippen LogP contribution in [-0.2, 0) is 0 Å². The van der Waals surface area contributed by atoms with Crippen molar-refractivity contribution in [3.8, 4) is 44.5 Å². The van der Waals surface area contributed by atoms with E-state index in [9.17, 15) is 0 Å². The first-order chi connectivity index (χ1) is 26.8. The highest BCUT2D eigenvalue weighted by Gasteiger charge is 2.21. The fourth-order valence-corrected chi connectivity index (χ4v) is 7.74. The number of para-hydroxylation sites is 1. The minimum atomic E-state index is 0.893. The van der Waals surface area contributed by atoms with Crippen molar-refractivity contribution in [2.75, 3.05) is 4.90 Å². The van der Waals surface area contributed by atoms with Crippen molar-refractivity contribution >= 4 is 49.8 Å². The predicted molar refractivity (Wildman–Crippen MR) is 228 cm³/mol. The summed E-state index contributed by atoms with van der Waals surface area (Å²) in [5.41, 5.74) is 14.6. The van der Waals surface area contributed by atoms with Crippen LogP contribution in [-0.4, -0.2) is 0 Å². The second-order valence-electron chi connectivity index (χ2n) is 13.7. The molecular weight excluding hydrogens is 655 g/mol. The summed E-state index contributed by atoms with van der Waals surface area (Å²) in [6.45, 7) is 0. The molecule has 0 atom stereocenters. The number of furan rings is 1. The van der Waals surface area contributed by atoms with Gasteiger partial charge in [0.15, 0.2) is 0 Å². The van der Waals surface area contributed by atoms with Gasteiger partial charge < -0.3 is 9.32 Å². The third-order valence-electron chi connectivity index (χ3n) is 10.5. The van der Waals surface area contributed by atoms with E-state index in [1.54, 1.807) is 0 Å². The standard InChI is InChI=1S/C52H35NO/c1-3-12-36(13-4-1)38-22-24-40(25-23-38)41-30-32-44(33-31-41)53(45-17-11-16-43(34-45)42-28-26-39(27-29-42)37-14-5-2-6-15-37)50-35-49-47-19-9-10-21-51(47)54-52(49)48-20-8-7-18-46(48)50/h1-35H. The number of nitrogens with zero attached hydrogens (tertiary/aromatic N) is 1. The number of anilines is 3. The molecule has 54 heavy (non-hydrogen) atoms. The summed E-state index contributed by atoms with van der Waals surface area (Å²) >= 11 is 0. The zero-order valence-electron chi connectivity index (χ0n) is 29.6. The van der Waals surface area contributed by atoms with Gasteiger partial charge in [-0.2, -0.15) is 0 Å². The Balaban J connectivity index is 1.11. The zero-order valence-corrected chi connectivity index (χ0v) is 29.6. The van der Waals surface area contributed by atoms with E-state index >= 15 is 0 Å². The van der Waals surface area contributed by atoms with E-state index in [2.05, 4.69) is 211 Å². The van der Waals surface area contributed by atoms with E-state index in [0.29, 0.717) is 0 Å². The molecule has 2 heteroatoms. The van der Waals surface area contributed by atoms with Crippen molar-refractivity contribution in [2.24, 2.45) is 0 Å². The minimum absolute atomic E-state index is 0.893. The van der Waals surface area contributed by atoms with Gasteiger partial charge in [-0.3, -0.25) is 0 Å². The van der Waals surface area contributed by atoms with Gasteiger partial charge in [0.05, 0.1) is 5.69 Å². The summed E-state index contributed by atoms with van der Waals surface area (Å²) in [6.07, 6.45) is 0. The van der Waals surface area contributed by atoms with Crippen LogP contribution >= 0.6 is 0 Å². The topological polar surface area (TPSA) is 16.4 Å². The van der Waals surface area contributed by atoms with Crippen molar-refractivity contribution in [1.82, 2.24) is 0 Å². The Morgan fingerprint density at radius 3 is 1.31 bits per heavy atom. The first-order valence-corrected chi connectivity index (χ1v) is 18.4. The Morgan fingerprint density at radius 2 is 0.722 bits per heavy atom. The maximum absolute atomic E-state index is 6.51. The Bertz CT molecular complexity index is 2890. The van der Waals surface area contributed by atoms with Gasteiger partial charge in [-0.05, 0) is 80.9 Å². The molecule has 10 aromatic rings. The van der Waals surface area contributed by atoms with Crippen LogP contribution in [0.3, 0.4) is 0 Å². The van der Waals surface area contributed by atoms with Crippen molar-refractivity contribution in [3.63, 3.8) is 0 Å². The lowest BCUT2D eigenvalue weighted by molar-refractivity contribution is 0.672. The van der Waals surface area contributed by atoms with Crippen LogP contribution in [0, 0.1) is 0 Å². The van der Waals surface area contributed by atoms with Crippen LogP contribution in [0.15, 0.2) is 217 Å². The van der Waals surface area contributed by atoms with Crippen molar-refractivity contribution < 1.29 is 4.42 Å². The second-order valence-corrected chi connectivity index (χ2v) is 13.7. The average molecular weight is 690 g/mol. The first-order valence-electron chi connectivity index (χ1n) is 18.4. The van der Waals surface area contributed by atoms with Gasteiger partial charge in [0.1, 0.15) is 11.2 Å². The van der Waals surface area contributed by atoms with Crippen LogP contribution in [0.25, 0.3) is 77.2 Å². The quantitative estimate of drug-likeness (QED) is 0.166. The lowest BCUT2D eigenvalue weighted by Gasteiger charge is -2.28. The van der Waals surface area contributed by atoms with Crippen molar-refractivity contribution in [2.45, 2.75) is 0 Å². The summed E-state index contributed by atoms with van der Waals surface area (Å²) in [6, 6.07) is 75.9. The number of hydrogen-bond acceptors (Lipinski definition) is 2. The Hall–Kier alpha value is -7.16. The maximum atomic E-state index is 6.51. The molecule has 0 saturated heterocycles. The Morgan fingerprint density at radius 1 is 0.278 bits per heavy atom. The number of benzene rings is 9. The van der Waals surface area contributed by atoms with Crippen LogP contribution < -0.4 is 4.90 Å². The molecule has 1 aromatic heterocycles. The molecule has 10 rings (SSSR count). The fraction of sp³-hybridized carbons (Fsp3) is 0. The summed E-state index contributed by atoms with van der Waals surface area (Å²) < 4.78 is 6.51. The second kappa shape index (κ2) is 13.4. The van der Waals surface area contributed by atoms with Gasteiger partial charge in [-0.25, -0.2) is 0 Å². The third-order valence-corrected chi connectivity index (χ3v) is 10.5. The lowest BCUT2D eigenvalue weighted by Crippen LogP contribution is -2.10.